The highest BCUT2D eigenvalue weighted by molar-refractivity contribution is 7.09. The molecule has 0 spiro atoms. The van der Waals surface area contributed by atoms with Gasteiger partial charge in [0.25, 0.3) is 5.91 Å². The number of nitrogens with zero attached hydrogens (tertiary/aromatic N) is 9. The van der Waals surface area contributed by atoms with Crippen LogP contribution in [0.4, 0.5) is 5.13 Å². The molecule has 2 aliphatic rings. The summed E-state index contributed by atoms with van der Waals surface area (Å²) in [6.07, 6.45) is 5.14. The fourth-order valence-electron chi connectivity index (χ4n) is 4.11. The zero-order valence-corrected chi connectivity index (χ0v) is 18.9. The predicted molar refractivity (Wildman–Crippen MR) is 117 cm³/mol. The summed E-state index contributed by atoms with van der Waals surface area (Å²) in [6.45, 7) is 6.70. The number of piperidine rings is 1. The van der Waals surface area contributed by atoms with Crippen molar-refractivity contribution in [2.24, 2.45) is 0 Å². The molecule has 0 bridgehead atoms. The van der Waals surface area contributed by atoms with E-state index in [2.05, 4.69) is 48.6 Å². The number of aromatic nitrogens is 7. The topological polar surface area (TPSA) is 115 Å². The van der Waals surface area contributed by atoms with Crippen LogP contribution < -0.4 is 9.64 Å². The molecule has 168 valence electrons. The Morgan fingerprint density at radius 1 is 1.16 bits per heavy atom. The van der Waals surface area contributed by atoms with Gasteiger partial charge in [0, 0.05) is 49.5 Å². The van der Waals surface area contributed by atoms with Gasteiger partial charge < -0.3 is 14.5 Å². The van der Waals surface area contributed by atoms with Gasteiger partial charge in [0.05, 0.1) is 6.20 Å². The lowest BCUT2D eigenvalue weighted by Crippen LogP contribution is -2.47. The van der Waals surface area contributed by atoms with Crippen LogP contribution in [0.2, 0.25) is 0 Å². The molecule has 0 aromatic carbocycles. The summed E-state index contributed by atoms with van der Waals surface area (Å²) in [6, 6.07) is 3.79. The van der Waals surface area contributed by atoms with Crippen molar-refractivity contribution in [3.8, 4) is 11.6 Å². The van der Waals surface area contributed by atoms with E-state index in [0.717, 1.165) is 43.4 Å². The largest absolute Gasteiger partial charge is 0.479 e. The smallest absolute Gasteiger partial charge is 0.263 e. The SMILES string of the molecule is CC(C)c1nsc(N2CCC(N3CCC(Oc4ccc(-n5cnnn5)nc4)C3=O)CC2)n1. The number of hydrogen-bond donors (Lipinski definition) is 0. The number of hydrogen-bond acceptors (Lipinski definition) is 10. The summed E-state index contributed by atoms with van der Waals surface area (Å²) in [7, 11) is 0. The molecule has 3 aromatic rings. The molecule has 5 rings (SSSR count). The standard InChI is InChI=1S/C20H25N9O2S/c1-13(2)18-23-20(32-24-18)27-8-5-14(6-9-27)28-10-7-16(19(28)30)31-15-3-4-17(21-11-15)29-12-22-25-26-29/h3-4,11-14,16H,5-10H2,1-2H3. The zero-order chi connectivity index (χ0) is 22.1. The lowest BCUT2D eigenvalue weighted by atomic mass is 10.0. The van der Waals surface area contributed by atoms with Crippen molar-refractivity contribution in [3.05, 3.63) is 30.5 Å². The second-order valence-electron chi connectivity index (χ2n) is 8.34. The van der Waals surface area contributed by atoms with Crippen molar-refractivity contribution < 1.29 is 9.53 Å². The monoisotopic (exact) mass is 455 g/mol. The Morgan fingerprint density at radius 3 is 2.66 bits per heavy atom. The molecule has 0 radical (unpaired) electrons. The average Bonchev–Trinajstić information content (AvgIpc) is 3.57. The second kappa shape index (κ2) is 8.77. The molecule has 1 unspecified atom stereocenters. The summed E-state index contributed by atoms with van der Waals surface area (Å²) >= 11 is 1.47. The van der Waals surface area contributed by atoms with Gasteiger partial charge in [-0.2, -0.15) is 9.06 Å². The van der Waals surface area contributed by atoms with Crippen LogP contribution >= 0.6 is 11.5 Å². The van der Waals surface area contributed by atoms with Gasteiger partial charge in [-0.15, -0.1) is 5.10 Å². The molecule has 12 heteroatoms. The number of rotatable bonds is 6. The van der Waals surface area contributed by atoms with Crippen molar-refractivity contribution in [3.63, 3.8) is 0 Å². The Kier molecular flexibility index (Phi) is 5.68. The Balaban J connectivity index is 1.15. The minimum Gasteiger partial charge on any atom is -0.479 e. The molecule has 1 atom stereocenters. The Labute approximate surface area is 189 Å². The molecule has 3 aromatic heterocycles. The number of carbonyl (C=O) groups excluding carboxylic acids is 1. The van der Waals surface area contributed by atoms with Crippen molar-refractivity contribution in [2.45, 2.75) is 51.2 Å². The summed E-state index contributed by atoms with van der Waals surface area (Å²) in [5, 5.41) is 12.0. The number of amides is 1. The fourth-order valence-corrected chi connectivity index (χ4v) is 4.97. The quantitative estimate of drug-likeness (QED) is 0.547. The third-order valence-electron chi connectivity index (χ3n) is 5.90. The summed E-state index contributed by atoms with van der Waals surface area (Å²) < 4.78 is 11.9. The molecular formula is C20H25N9O2S. The third kappa shape index (κ3) is 4.14. The minimum atomic E-state index is -0.467. The molecule has 2 fully saturated rings. The van der Waals surface area contributed by atoms with E-state index in [1.54, 1.807) is 18.3 Å². The van der Waals surface area contributed by atoms with Crippen molar-refractivity contribution >= 4 is 22.6 Å². The Morgan fingerprint density at radius 2 is 2.00 bits per heavy atom. The highest BCUT2D eigenvalue weighted by atomic mass is 32.1. The molecule has 32 heavy (non-hydrogen) atoms. The van der Waals surface area contributed by atoms with Crippen LogP contribution in [-0.2, 0) is 4.79 Å². The summed E-state index contributed by atoms with van der Waals surface area (Å²) in [4.78, 5) is 26.3. The first-order valence-electron chi connectivity index (χ1n) is 10.8. The van der Waals surface area contributed by atoms with Crippen LogP contribution in [0.25, 0.3) is 5.82 Å². The summed E-state index contributed by atoms with van der Waals surface area (Å²) in [5.41, 5.74) is 0. The summed E-state index contributed by atoms with van der Waals surface area (Å²) in [5.74, 6) is 2.45. The molecule has 0 saturated carbocycles. The van der Waals surface area contributed by atoms with Crippen LogP contribution in [0.5, 0.6) is 5.75 Å². The number of likely N-dealkylation sites (tertiary alicyclic amines) is 1. The fraction of sp³-hybridized carbons (Fsp3) is 0.550. The highest BCUT2D eigenvalue weighted by Gasteiger charge is 2.38. The third-order valence-corrected chi connectivity index (χ3v) is 6.69. The maximum atomic E-state index is 13.0. The van der Waals surface area contributed by atoms with Gasteiger partial charge in [0.15, 0.2) is 11.9 Å². The number of anilines is 1. The van der Waals surface area contributed by atoms with Crippen LogP contribution in [0.3, 0.4) is 0 Å². The van der Waals surface area contributed by atoms with Crippen LogP contribution in [-0.4, -0.2) is 77.1 Å². The van der Waals surface area contributed by atoms with Gasteiger partial charge in [-0.25, -0.2) is 9.97 Å². The maximum absolute atomic E-state index is 13.0. The number of carbonyl (C=O) groups is 1. The zero-order valence-electron chi connectivity index (χ0n) is 18.0. The van der Waals surface area contributed by atoms with Crippen LogP contribution in [0.1, 0.15) is 44.9 Å². The number of tetrazole rings is 1. The normalized spacial score (nSPS) is 19.8. The van der Waals surface area contributed by atoms with E-state index in [0.29, 0.717) is 23.9 Å². The van der Waals surface area contributed by atoms with E-state index in [-0.39, 0.29) is 11.9 Å². The molecule has 0 aliphatic carbocycles. The minimum absolute atomic E-state index is 0.0611. The van der Waals surface area contributed by atoms with Crippen LogP contribution in [0, 0.1) is 0 Å². The first kappa shape index (κ1) is 20.7. The van der Waals surface area contributed by atoms with Gasteiger partial charge in [0.2, 0.25) is 5.13 Å². The van der Waals surface area contributed by atoms with E-state index < -0.39 is 6.10 Å². The van der Waals surface area contributed by atoms with Gasteiger partial charge in [0.1, 0.15) is 17.9 Å². The van der Waals surface area contributed by atoms with Gasteiger partial charge in [-0.05, 0) is 35.4 Å². The highest BCUT2D eigenvalue weighted by Crippen LogP contribution is 2.29. The molecule has 11 nitrogen and oxygen atoms in total. The van der Waals surface area contributed by atoms with Crippen molar-refractivity contribution in [2.75, 3.05) is 24.5 Å². The van der Waals surface area contributed by atoms with E-state index in [1.807, 2.05) is 4.90 Å². The van der Waals surface area contributed by atoms with Gasteiger partial charge in [-0.1, -0.05) is 13.8 Å². The first-order valence-corrected chi connectivity index (χ1v) is 11.6. The molecule has 2 aliphatic heterocycles. The predicted octanol–water partition coefficient (Wildman–Crippen LogP) is 1.68. The number of pyridine rings is 1. The second-order valence-corrected chi connectivity index (χ2v) is 9.07. The molecule has 1 amide bonds. The molecule has 2 saturated heterocycles. The maximum Gasteiger partial charge on any atom is 0.263 e. The molecule has 5 heterocycles. The average molecular weight is 456 g/mol. The van der Waals surface area contributed by atoms with Crippen molar-refractivity contribution in [1.29, 1.82) is 0 Å². The molecule has 0 N–H and O–H groups in total. The van der Waals surface area contributed by atoms with E-state index in [9.17, 15) is 4.79 Å². The van der Waals surface area contributed by atoms with Crippen LogP contribution in [0.15, 0.2) is 24.7 Å². The van der Waals surface area contributed by atoms with Crippen molar-refractivity contribution in [1.82, 2.24) is 39.4 Å². The molecular weight excluding hydrogens is 430 g/mol. The number of ether oxygens (including phenoxy) is 1. The lowest BCUT2D eigenvalue weighted by Gasteiger charge is -2.36. The van der Waals surface area contributed by atoms with E-state index in [1.165, 1.54) is 22.5 Å². The lowest BCUT2D eigenvalue weighted by molar-refractivity contribution is -0.135. The van der Waals surface area contributed by atoms with Gasteiger partial charge >= 0.3 is 0 Å². The van der Waals surface area contributed by atoms with E-state index >= 15 is 0 Å². The Hall–Kier alpha value is -3.15. The first-order chi connectivity index (χ1) is 15.6. The Bertz CT molecular complexity index is 1050. The van der Waals surface area contributed by atoms with E-state index in [4.69, 9.17) is 4.74 Å². The van der Waals surface area contributed by atoms with Gasteiger partial charge in [-0.3, -0.25) is 4.79 Å².